The number of carboxylic acid groups (broad SMARTS) is 1. The number of aromatic carboxylic acids is 1. The van der Waals surface area contributed by atoms with Crippen LogP contribution in [0.4, 0.5) is 10.7 Å². The summed E-state index contributed by atoms with van der Waals surface area (Å²) in [5, 5.41) is 12.8. The van der Waals surface area contributed by atoms with E-state index in [0.717, 1.165) is 29.4 Å². The molecule has 5 nitrogen and oxygen atoms in total. The Morgan fingerprint density at radius 1 is 1.40 bits per heavy atom. The van der Waals surface area contributed by atoms with Gasteiger partial charge in [0.1, 0.15) is 16.3 Å². The van der Waals surface area contributed by atoms with Crippen LogP contribution in [0.1, 0.15) is 29.4 Å². The highest BCUT2D eigenvalue weighted by Crippen LogP contribution is 2.28. The lowest BCUT2D eigenvalue weighted by Crippen LogP contribution is -2.01. The number of carbonyl (C=O) groups is 1. The van der Waals surface area contributed by atoms with Crippen LogP contribution < -0.4 is 10.1 Å². The van der Waals surface area contributed by atoms with Gasteiger partial charge in [0.2, 0.25) is 0 Å². The first-order valence-electron chi connectivity index (χ1n) is 6.31. The largest absolute Gasteiger partial charge is 0.494 e. The molecular weight excluding hydrogens is 276 g/mol. The van der Waals surface area contributed by atoms with Crippen LogP contribution in [-0.4, -0.2) is 22.1 Å². The van der Waals surface area contributed by atoms with Crippen molar-refractivity contribution in [2.75, 3.05) is 11.9 Å². The molecule has 0 spiro atoms. The molecule has 0 saturated carbocycles. The third-order valence-corrected chi connectivity index (χ3v) is 3.52. The summed E-state index contributed by atoms with van der Waals surface area (Å²) >= 11 is 1.14. The van der Waals surface area contributed by atoms with Gasteiger partial charge in [-0.15, -0.1) is 0 Å². The van der Waals surface area contributed by atoms with E-state index in [0.29, 0.717) is 17.3 Å². The molecule has 1 heterocycles. The molecule has 0 aliphatic carbocycles. The third-order valence-electron chi connectivity index (χ3n) is 2.66. The summed E-state index contributed by atoms with van der Waals surface area (Å²) in [4.78, 5) is 11.2. The molecule has 2 rings (SSSR count). The van der Waals surface area contributed by atoms with Gasteiger partial charge >= 0.3 is 5.97 Å². The first-order valence-corrected chi connectivity index (χ1v) is 7.08. The SMILES string of the molecule is CCCOc1ccc(Nc2snc(C)c2C(=O)O)cc1. The molecule has 0 aliphatic rings. The zero-order valence-electron chi connectivity index (χ0n) is 11.3. The Labute approximate surface area is 121 Å². The first-order chi connectivity index (χ1) is 9.61. The summed E-state index contributed by atoms with van der Waals surface area (Å²) in [5.41, 5.74) is 1.55. The number of aryl methyl sites for hydroxylation is 1. The van der Waals surface area contributed by atoms with Gasteiger partial charge in [0.05, 0.1) is 12.3 Å². The van der Waals surface area contributed by atoms with Gasteiger partial charge in [0.15, 0.2) is 0 Å². The van der Waals surface area contributed by atoms with Gasteiger partial charge in [-0.3, -0.25) is 0 Å². The van der Waals surface area contributed by atoms with E-state index in [1.165, 1.54) is 0 Å². The van der Waals surface area contributed by atoms with E-state index in [-0.39, 0.29) is 5.56 Å². The molecule has 0 atom stereocenters. The molecule has 2 N–H and O–H groups in total. The van der Waals surface area contributed by atoms with E-state index in [2.05, 4.69) is 16.6 Å². The summed E-state index contributed by atoms with van der Waals surface area (Å²) in [6, 6.07) is 7.41. The van der Waals surface area contributed by atoms with Gasteiger partial charge in [0, 0.05) is 5.69 Å². The Morgan fingerprint density at radius 3 is 2.70 bits per heavy atom. The van der Waals surface area contributed by atoms with Crippen molar-refractivity contribution in [3.63, 3.8) is 0 Å². The van der Waals surface area contributed by atoms with Gasteiger partial charge in [-0.05, 0) is 49.1 Å². The minimum atomic E-state index is -0.971. The standard InChI is InChI=1S/C14H16N2O3S/c1-3-8-19-11-6-4-10(5-7-11)15-13-12(14(17)18)9(2)16-20-13/h4-7,15H,3,8H2,1-2H3,(H,17,18). The number of hydrogen-bond donors (Lipinski definition) is 2. The normalized spacial score (nSPS) is 10.3. The zero-order chi connectivity index (χ0) is 14.5. The fourth-order valence-corrected chi connectivity index (χ4v) is 2.50. The lowest BCUT2D eigenvalue weighted by atomic mass is 10.2. The van der Waals surface area contributed by atoms with E-state index in [1.807, 2.05) is 24.3 Å². The van der Waals surface area contributed by atoms with Crippen molar-refractivity contribution in [3.05, 3.63) is 35.5 Å². The van der Waals surface area contributed by atoms with Gasteiger partial charge in [-0.1, -0.05) is 6.92 Å². The summed E-state index contributed by atoms with van der Waals surface area (Å²) in [6.45, 7) is 4.42. The second-order valence-electron chi connectivity index (χ2n) is 4.28. The highest BCUT2D eigenvalue weighted by atomic mass is 32.1. The zero-order valence-corrected chi connectivity index (χ0v) is 12.2. The van der Waals surface area contributed by atoms with Crippen LogP contribution in [0.2, 0.25) is 0 Å². The Balaban J connectivity index is 2.12. The van der Waals surface area contributed by atoms with Crippen molar-refractivity contribution in [1.82, 2.24) is 4.37 Å². The lowest BCUT2D eigenvalue weighted by Gasteiger charge is -2.07. The topological polar surface area (TPSA) is 71.5 Å². The Bertz CT molecular complexity index is 593. The second-order valence-corrected chi connectivity index (χ2v) is 5.05. The van der Waals surface area contributed by atoms with Crippen LogP contribution in [0.3, 0.4) is 0 Å². The average molecular weight is 292 g/mol. The Hall–Kier alpha value is -2.08. The maximum Gasteiger partial charge on any atom is 0.340 e. The van der Waals surface area contributed by atoms with Crippen LogP contribution in [0.5, 0.6) is 5.75 Å². The molecule has 2 aromatic rings. The fourth-order valence-electron chi connectivity index (χ4n) is 1.69. The summed E-state index contributed by atoms with van der Waals surface area (Å²) < 4.78 is 9.56. The van der Waals surface area contributed by atoms with E-state index >= 15 is 0 Å². The number of hydrogen-bond acceptors (Lipinski definition) is 5. The van der Waals surface area contributed by atoms with Crippen molar-refractivity contribution in [2.45, 2.75) is 20.3 Å². The number of ether oxygens (including phenoxy) is 1. The quantitative estimate of drug-likeness (QED) is 0.849. The van der Waals surface area contributed by atoms with Crippen molar-refractivity contribution >= 4 is 28.2 Å². The lowest BCUT2D eigenvalue weighted by molar-refractivity contribution is 0.0697. The fraction of sp³-hybridized carbons (Fsp3) is 0.286. The predicted molar refractivity (Wildman–Crippen MR) is 79.3 cm³/mol. The molecule has 6 heteroatoms. The molecule has 0 fully saturated rings. The van der Waals surface area contributed by atoms with Crippen LogP contribution in [-0.2, 0) is 0 Å². The smallest absolute Gasteiger partial charge is 0.340 e. The van der Waals surface area contributed by atoms with Gasteiger partial charge in [-0.2, -0.15) is 4.37 Å². The number of benzene rings is 1. The number of aromatic nitrogens is 1. The molecule has 0 radical (unpaired) electrons. The Kier molecular flexibility index (Phi) is 4.57. The molecule has 0 amide bonds. The molecule has 106 valence electrons. The van der Waals surface area contributed by atoms with Gasteiger partial charge < -0.3 is 15.2 Å². The molecule has 0 saturated heterocycles. The van der Waals surface area contributed by atoms with Crippen molar-refractivity contribution < 1.29 is 14.6 Å². The van der Waals surface area contributed by atoms with Crippen molar-refractivity contribution in [3.8, 4) is 5.75 Å². The maximum atomic E-state index is 11.2. The second kappa shape index (κ2) is 6.38. The molecule has 1 aromatic carbocycles. The molecule has 0 unspecified atom stereocenters. The summed E-state index contributed by atoms with van der Waals surface area (Å²) in [6.07, 6.45) is 0.960. The minimum absolute atomic E-state index is 0.223. The summed E-state index contributed by atoms with van der Waals surface area (Å²) in [5.74, 6) is -0.169. The molecule has 0 aliphatic heterocycles. The van der Waals surface area contributed by atoms with Crippen LogP contribution in [0.15, 0.2) is 24.3 Å². The number of anilines is 2. The monoisotopic (exact) mass is 292 g/mol. The highest BCUT2D eigenvalue weighted by Gasteiger charge is 2.17. The van der Waals surface area contributed by atoms with Crippen molar-refractivity contribution in [2.24, 2.45) is 0 Å². The highest BCUT2D eigenvalue weighted by molar-refractivity contribution is 7.10. The van der Waals surface area contributed by atoms with E-state index < -0.39 is 5.97 Å². The predicted octanol–water partition coefficient (Wildman–Crippen LogP) is 3.68. The molecule has 1 aromatic heterocycles. The molecule has 20 heavy (non-hydrogen) atoms. The molecular formula is C14H16N2O3S. The number of carboxylic acids is 1. The van der Waals surface area contributed by atoms with E-state index in [9.17, 15) is 4.79 Å². The van der Waals surface area contributed by atoms with Gasteiger partial charge in [0.25, 0.3) is 0 Å². The van der Waals surface area contributed by atoms with Crippen molar-refractivity contribution in [1.29, 1.82) is 0 Å². The van der Waals surface area contributed by atoms with E-state index in [4.69, 9.17) is 9.84 Å². The maximum absolute atomic E-state index is 11.2. The molecule has 0 bridgehead atoms. The van der Waals surface area contributed by atoms with Crippen LogP contribution >= 0.6 is 11.5 Å². The van der Waals surface area contributed by atoms with Crippen LogP contribution in [0.25, 0.3) is 0 Å². The Morgan fingerprint density at radius 2 is 2.10 bits per heavy atom. The van der Waals surface area contributed by atoms with Crippen LogP contribution in [0, 0.1) is 6.92 Å². The number of nitrogens with one attached hydrogen (secondary N) is 1. The number of rotatable bonds is 6. The third kappa shape index (κ3) is 3.27. The minimum Gasteiger partial charge on any atom is -0.494 e. The first kappa shape index (κ1) is 14.3. The van der Waals surface area contributed by atoms with Gasteiger partial charge in [-0.25, -0.2) is 4.79 Å². The summed E-state index contributed by atoms with van der Waals surface area (Å²) in [7, 11) is 0. The average Bonchev–Trinajstić information content (AvgIpc) is 2.79. The van der Waals surface area contributed by atoms with E-state index in [1.54, 1.807) is 6.92 Å². The number of nitrogens with zero attached hydrogens (tertiary/aromatic N) is 1.